The van der Waals surface area contributed by atoms with Gasteiger partial charge in [0, 0.05) is 26.2 Å². The highest BCUT2D eigenvalue weighted by molar-refractivity contribution is 7.89. The lowest BCUT2D eigenvalue weighted by atomic mass is 9.80. The molecule has 1 unspecified atom stereocenters. The largest absolute Gasteiger partial charge is 0.341 e. The Hall–Kier alpha value is -0.660. The quantitative estimate of drug-likeness (QED) is 0.781. The van der Waals surface area contributed by atoms with E-state index in [1.54, 1.807) is 11.8 Å². The Balaban J connectivity index is 2.65. The van der Waals surface area contributed by atoms with Crippen LogP contribution in [-0.2, 0) is 14.8 Å². The minimum Gasteiger partial charge on any atom is -0.341 e. The third-order valence-corrected chi connectivity index (χ3v) is 5.67. The first-order valence-corrected chi connectivity index (χ1v) is 8.18. The van der Waals surface area contributed by atoms with E-state index in [1.807, 2.05) is 13.8 Å². The minimum absolute atomic E-state index is 0.00709. The summed E-state index contributed by atoms with van der Waals surface area (Å²) in [6.07, 6.45) is 0.753. The maximum absolute atomic E-state index is 12.1. The number of likely N-dealkylation sites (N-methyl/N-ethyl adjacent to an activating group) is 1. The van der Waals surface area contributed by atoms with Crippen molar-refractivity contribution >= 4 is 15.9 Å². The summed E-state index contributed by atoms with van der Waals surface area (Å²) in [7, 11) is -1.87. The van der Waals surface area contributed by atoms with Crippen LogP contribution in [0, 0.1) is 5.41 Å². The highest BCUT2D eigenvalue weighted by Gasteiger charge is 2.35. The molecule has 0 aliphatic carbocycles. The standard InChI is InChI=1S/C12H25N3O3S/c1-5-19(17,18)14(4)8-11(16)15-7-6-10(13)12(2,3)9-15/h10H,5-9,13H2,1-4H3. The molecular formula is C12H25N3O3S. The molecule has 1 aliphatic rings. The fraction of sp³-hybridized carbons (Fsp3) is 0.917. The third kappa shape index (κ3) is 3.90. The van der Waals surface area contributed by atoms with E-state index in [4.69, 9.17) is 5.73 Å². The van der Waals surface area contributed by atoms with E-state index in [-0.39, 0.29) is 29.7 Å². The van der Waals surface area contributed by atoms with Gasteiger partial charge < -0.3 is 10.6 Å². The molecule has 0 bridgehead atoms. The van der Waals surface area contributed by atoms with E-state index < -0.39 is 10.0 Å². The lowest BCUT2D eigenvalue weighted by Gasteiger charge is -2.42. The number of sulfonamides is 1. The molecule has 1 amide bonds. The molecule has 1 heterocycles. The average molecular weight is 291 g/mol. The van der Waals surface area contributed by atoms with E-state index in [9.17, 15) is 13.2 Å². The van der Waals surface area contributed by atoms with Gasteiger partial charge in [0.25, 0.3) is 0 Å². The van der Waals surface area contributed by atoms with E-state index in [0.29, 0.717) is 13.1 Å². The SMILES string of the molecule is CCS(=O)(=O)N(C)CC(=O)N1CCC(N)C(C)(C)C1. The molecule has 0 aromatic rings. The zero-order valence-electron chi connectivity index (χ0n) is 12.2. The number of rotatable bonds is 4. The third-order valence-electron chi connectivity index (χ3n) is 3.86. The zero-order valence-corrected chi connectivity index (χ0v) is 13.0. The Morgan fingerprint density at radius 2 is 2.05 bits per heavy atom. The highest BCUT2D eigenvalue weighted by Crippen LogP contribution is 2.27. The van der Waals surface area contributed by atoms with E-state index in [2.05, 4.69) is 0 Å². The van der Waals surface area contributed by atoms with Gasteiger partial charge >= 0.3 is 0 Å². The first-order valence-electron chi connectivity index (χ1n) is 6.57. The average Bonchev–Trinajstić information content (AvgIpc) is 2.32. The van der Waals surface area contributed by atoms with Crippen LogP contribution in [0.2, 0.25) is 0 Å². The lowest BCUT2D eigenvalue weighted by molar-refractivity contribution is -0.134. The van der Waals surface area contributed by atoms with Gasteiger partial charge in [0.2, 0.25) is 15.9 Å². The van der Waals surface area contributed by atoms with Gasteiger partial charge in [0.05, 0.1) is 12.3 Å². The highest BCUT2D eigenvalue weighted by atomic mass is 32.2. The van der Waals surface area contributed by atoms with Crippen LogP contribution in [-0.4, -0.2) is 62.0 Å². The minimum atomic E-state index is -3.31. The van der Waals surface area contributed by atoms with Crippen LogP contribution in [0.5, 0.6) is 0 Å². The molecule has 1 rings (SSSR count). The van der Waals surface area contributed by atoms with Crippen molar-refractivity contribution in [3.63, 3.8) is 0 Å². The molecular weight excluding hydrogens is 266 g/mol. The van der Waals surface area contributed by atoms with Crippen LogP contribution in [0.3, 0.4) is 0 Å². The number of hydrogen-bond acceptors (Lipinski definition) is 4. The second-order valence-electron chi connectivity index (χ2n) is 5.86. The summed E-state index contributed by atoms with van der Waals surface area (Å²) >= 11 is 0. The predicted molar refractivity (Wildman–Crippen MR) is 75.0 cm³/mol. The Bertz CT molecular complexity index is 434. The molecule has 112 valence electrons. The van der Waals surface area contributed by atoms with Crippen LogP contribution >= 0.6 is 0 Å². The van der Waals surface area contributed by atoms with Gasteiger partial charge in [-0.15, -0.1) is 0 Å². The molecule has 0 spiro atoms. The fourth-order valence-corrected chi connectivity index (χ4v) is 2.94. The maximum Gasteiger partial charge on any atom is 0.237 e. The molecule has 19 heavy (non-hydrogen) atoms. The number of hydrogen-bond donors (Lipinski definition) is 1. The van der Waals surface area contributed by atoms with Gasteiger partial charge in [-0.05, 0) is 18.8 Å². The Morgan fingerprint density at radius 3 is 2.53 bits per heavy atom. The van der Waals surface area contributed by atoms with E-state index in [1.165, 1.54) is 7.05 Å². The molecule has 1 saturated heterocycles. The molecule has 1 aliphatic heterocycles. The Morgan fingerprint density at radius 1 is 1.47 bits per heavy atom. The van der Waals surface area contributed by atoms with Gasteiger partial charge in [-0.2, -0.15) is 4.31 Å². The zero-order chi connectivity index (χ0) is 14.8. The van der Waals surface area contributed by atoms with Gasteiger partial charge in [0.15, 0.2) is 0 Å². The Kier molecular flexibility index (Phi) is 4.97. The number of nitrogens with two attached hydrogens (primary N) is 1. The summed E-state index contributed by atoms with van der Waals surface area (Å²) in [5.74, 6) is -0.146. The number of carbonyl (C=O) groups excluding carboxylic acids is 1. The van der Waals surface area contributed by atoms with Crippen LogP contribution in [0.25, 0.3) is 0 Å². The Labute approximate surface area is 116 Å². The van der Waals surface area contributed by atoms with Gasteiger partial charge in [-0.1, -0.05) is 13.8 Å². The number of nitrogens with zero attached hydrogens (tertiary/aromatic N) is 2. The first kappa shape index (κ1) is 16.4. The van der Waals surface area contributed by atoms with Gasteiger partial charge in [-0.3, -0.25) is 4.79 Å². The molecule has 6 nitrogen and oxygen atoms in total. The van der Waals surface area contributed by atoms with Crippen molar-refractivity contribution in [1.29, 1.82) is 0 Å². The molecule has 7 heteroatoms. The number of likely N-dealkylation sites (tertiary alicyclic amines) is 1. The fourth-order valence-electron chi connectivity index (χ4n) is 2.20. The smallest absolute Gasteiger partial charge is 0.237 e. The van der Waals surface area contributed by atoms with Crippen molar-refractivity contribution in [3.05, 3.63) is 0 Å². The first-order chi connectivity index (χ1) is 8.60. The van der Waals surface area contributed by atoms with E-state index >= 15 is 0 Å². The van der Waals surface area contributed by atoms with Crippen molar-refractivity contribution in [1.82, 2.24) is 9.21 Å². The summed E-state index contributed by atoms with van der Waals surface area (Å²) in [4.78, 5) is 13.9. The molecule has 0 aromatic carbocycles. The summed E-state index contributed by atoms with van der Waals surface area (Å²) in [6, 6.07) is 0.0775. The molecule has 2 N–H and O–H groups in total. The molecule has 0 saturated carbocycles. The molecule has 0 radical (unpaired) electrons. The van der Waals surface area contributed by atoms with Crippen LogP contribution in [0.1, 0.15) is 27.2 Å². The number of carbonyl (C=O) groups is 1. The lowest BCUT2D eigenvalue weighted by Crippen LogP contribution is -2.55. The topological polar surface area (TPSA) is 83.7 Å². The van der Waals surface area contributed by atoms with Crippen molar-refractivity contribution in [2.45, 2.75) is 33.2 Å². The van der Waals surface area contributed by atoms with Crippen molar-refractivity contribution in [3.8, 4) is 0 Å². The van der Waals surface area contributed by atoms with Gasteiger partial charge in [-0.25, -0.2) is 8.42 Å². The van der Waals surface area contributed by atoms with E-state index in [0.717, 1.165) is 10.7 Å². The van der Waals surface area contributed by atoms with Gasteiger partial charge in [0.1, 0.15) is 0 Å². The maximum atomic E-state index is 12.1. The second-order valence-corrected chi connectivity index (χ2v) is 8.22. The van der Waals surface area contributed by atoms with Crippen molar-refractivity contribution in [2.75, 3.05) is 32.4 Å². The van der Waals surface area contributed by atoms with Crippen molar-refractivity contribution < 1.29 is 13.2 Å². The summed E-state index contributed by atoms with van der Waals surface area (Å²) < 4.78 is 24.4. The number of amides is 1. The second kappa shape index (κ2) is 5.76. The molecule has 1 fully saturated rings. The summed E-state index contributed by atoms with van der Waals surface area (Å²) in [5, 5.41) is 0. The number of piperidine rings is 1. The van der Waals surface area contributed by atoms with Crippen LogP contribution in [0.4, 0.5) is 0 Å². The monoisotopic (exact) mass is 291 g/mol. The normalized spacial score (nSPS) is 23.7. The van der Waals surface area contributed by atoms with Crippen molar-refractivity contribution in [2.24, 2.45) is 11.1 Å². The molecule has 1 atom stereocenters. The molecule has 0 aromatic heterocycles. The summed E-state index contributed by atoms with van der Waals surface area (Å²) in [6.45, 7) is 6.71. The predicted octanol–water partition coefficient (Wildman–Crippen LogP) is -0.146. The van der Waals surface area contributed by atoms with Crippen LogP contribution < -0.4 is 5.73 Å². The summed E-state index contributed by atoms with van der Waals surface area (Å²) in [5.41, 5.74) is 5.89. The van der Waals surface area contributed by atoms with Crippen LogP contribution in [0.15, 0.2) is 0 Å².